The number of anilines is 2. The highest BCUT2D eigenvalue weighted by atomic mass is 32.2. The van der Waals surface area contributed by atoms with E-state index in [1.54, 1.807) is 19.1 Å². The summed E-state index contributed by atoms with van der Waals surface area (Å²) in [6.45, 7) is 1.70. The number of nitrogens with zero attached hydrogens (tertiary/aromatic N) is 3. The van der Waals surface area contributed by atoms with Crippen molar-refractivity contribution >= 4 is 44.6 Å². The van der Waals surface area contributed by atoms with Crippen LogP contribution < -0.4 is 10.0 Å². The van der Waals surface area contributed by atoms with E-state index in [0.717, 1.165) is 0 Å². The topological polar surface area (TPSA) is 153 Å². The second-order valence-corrected chi connectivity index (χ2v) is 8.71. The Bertz CT molecular complexity index is 1420. The number of nitrogens with one attached hydrogen (secondary N) is 2. The summed E-state index contributed by atoms with van der Waals surface area (Å²) < 4.78 is 37.7. The molecule has 2 heterocycles. The number of sulfonamides is 1. The monoisotopic (exact) mass is 481 g/mol. The summed E-state index contributed by atoms with van der Waals surface area (Å²) in [5, 5.41) is 2.62. The minimum atomic E-state index is -3.91. The van der Waals surface area contributed by atoms with Crippen molar-refractivity contribution < 1.29 is 27.2 Å². The number of carbonyl (C=O) groups is 2. The number of esters is 1. The van der Waals surface area contributed by atoms with Gasteiger partial charge in [-0.05, 0) is 55.0 Å². The predicted molar refractivity (Wildman–Crippen MR) is 121 cm³/mol. The average Bonchev–Trinajstić information content (AvgIpc) is 3.31. The molecule has 34 heavy (non-hydrogen) atoms. The molecule has 1 atom stereocenters. The zero-order valence-electron chi connectivity index (χ0n) is 17.8. The molecule has 4 aromatic rings. The molecule has 0 saturated heterocycles. The fraction of sp³-hybridized carbons (Fsp3) is 0.136. The summed E-state index contributed by atoms with van der Waals surface area (Å²) >= 11 is 0. The van der Waals surface area contributed by atoms with Gasteiger partial charge in [-0.1, -0.05) is 6.92 Å². The quantitative estimate of drug-likeness (QED) is 0.362. The van der Waals surface area contributed by atoms with E-state index in [1.807, 2.05) is 0 Å². The Morgan fingerprint density at radius 1 is 1.06 bits per heavy atom. The summed E-state index contributed by atoms with van der Waals surface area (Å²) in [6, 6.07) is 11.7. The molecule has 0 fully saturated rings. The summed E-state index contributed by atoms with van der Waals surface area (Å²) in [6.07, 6.45) is 3.26. The van der Waals surface area contributed by atoms with Gasteiger partial charge in [-0.2, -0.15) is 0 Å². The van der Waals surface area contributed by atoms with Gasteiger partial charge in [0.1, 0.15) is 5.52 Å². The summed E-state index contributed by atoms with van der Waals surface area (Å²) in [4.78, 5) is 36.7. The minimum Gasteiger partial charge on any atom is -0.449 e. The van der Waals surface area contributed by atoms with E-state index in [4.69, 9.17) is 9.15 Å². The van der Waals surface area contributed by atoms with Gasteiger partial charge in [0.15, 0.2) is 18.1 Å². The van der Waals surface area contributed by atoms with E-state index >= 15 is 0 Å². The van der Waals surface area contributed by atoms with E-state index in [-0.39, 0.29) is 22.8 Å². The van der Waals surface area contributed by atoms with Gasteiger partial charge < -0.3 is 14.5 Å². The van der Waals surface area contributed by atoms with E-state index in [2.05, 4.69) is 25.0 Å². The summed E-state index contributed by atoms with van der Waals surface area (Å²) in [5.41, 5.74) is 1.58. The van der Waals surface area contributed by atoms with Crippen molar-refractivity contribution in [1.29, 1.82) is 0 Å². The fourth-order valence-corrected chi connectivity index (χ4v) is 3.93. The van der Waals surface area contributed by atoms with Gasteiger partial charge in [0.05, 0.1) is 10.5 Å². The zero-order chi connectivity index (χ0) is 24.1. The Hall–Kier alpha value is -4.32. The van der Waals surface area contributed by atoms with Crippen LogP contribution >= 0.6 is 0 Å². The third-order valence-electron chi connectivity index (χ3n) is 4.70. The first kappa shape index (κ1) is 22.9. The molecule has 11 nitrogen and oxygen atoms in total. The molecule has 0 aliphatic rings. The number of hydrogen-bond acceptors (Lipinski definition) is 9. The Balaban J connectivity index is 1.40. The molecule has 12 heteroatoms. The van der Waals surface area contributed by atoms with Crippen LogP contribution in [0.4, 0.5) is 11.6 Å². The van der Waals surface area contributed by atoms with E-state index in [1.165, 1.54) is 55.2 Å². The molecule has 0 saturated carbocycles. The summed E-state index contributed by atoms with van der Waals surface area (Å²) in [5.74, 6) is -1.30. The number of fused-ring (bicyclic) bond motifs is 1. The van der Waals surface area contributed by atoms with Gasteiger partial charge in [0.2, 0.25) is 5.95 Å². The van der Waals surface area contributed by atoms with Crippen molar-refractivity contribution in [3.63, 3.8) is 0 Å². The number of oxazole rings is 1. The van der Waals surface area contributed by atoms with Crippen LogP contribution in [-0.4, -0.2) is 41.4 Å². The Morgan fingerprint density at radius 2 is 1.79 bits per heavy atom. The van der Waals surface area contributed by atoms with Gasteiger partial charge >= 0.3 is 5.97 Å². The van der Waals surface area contributed by atoms with Crippen LogP contribution in [0.3, 0.4) is 0 Å². The second-order valence-electron chi connectivity index (χ2n) is 7.03. The number of aromatic nitrogens is 3. The van der Waals surface area contributed by atoms with Crippen molar-refractivity contribution in [2.45, 2.75) is 24.3 Å². The molecule has 2 N–H and O–H groups in total. The first-order valence-electron chi connectivity index (χ1n) is 10.1. The van der Waals surface area contributed by atoms with Crippen LogP contribution in [0, 0.1) is 0 Å². The van der Waals surface area contributed by atoms with Crippen LogP contribution in [0.25, 0.3) is 11.1 Å². The van der Waals surface area contributed by atoms with Crippen molar-refractivity contribution in [3.8, 4) is 0 Å². The van der Waals surface area contributed by atoms with E-state index in [0.29, 0.717) is 16.8 Å². The Labute approximate surface area is 194 Å². The fourth-order valence-electron chi connectivity index (χ4n) is 2.97. The molecule has 0 aliphatic heterocycles. The first-order chi connectivity index (χ1) is 16.4. The van der Waals surface area contributed by atoms with Gasteiger partial charge in [-0.25, -0.2) is 32.9 Å². The molecule has 2 aromatic carbocycles. The van der Waals surface area contributed by atoms with E-state index in [9.17, 15) is 18.0 Å². The van der Waals surface area contributed by atoms with Crippen molar-refractivity contribution in [3.05, 3.63) is 72.9 Å². The number of ether oxygens (including phenoxy) is 1. The maximum Gasteiger partial charge on any atom is 0.339 e. The summed E-state index contributed by atoms with van der Waals surface area (Å²) in [7, 11) is -3.91. The molecule has 0 radical (unpaired) electrons. The molecular weight excluding hydrogens is 462 g/mol. The lowest BCUT2D eigenvalue weighted by molar-refractivity contribution is -0.124. The van der Waals surface area contributed by atoms with Crippen LogP contribution in [0.15, 0.2) is 76.6 Å². The van der Waals surface area contributed by atoms with Crippen LogP contribution in [-0.2, 0) is 19.6 Å². The zero-order valence-corrected chi connectivity index (χ0v) is 18.7. The highest BCUT2D eigenvalue weighted by Crippen LogP contribution is 2.19. The third-order valence-corrected chi connectivity index (χ3v) is 6.05. The lowest BCUT2D eigenvalue weighted by Crippen LogP contribution is -2.32. The molecule has 0 aliphatic carbocycles. The lowest BCUT2D eigenvalue weighted by atomic mass is 10.2. The van der Waals surface area contributed by atoms with Crippen molar-refractivity contribution in [2.75, 3.05) is 10.0 Å². The van der Waals surface area contributed by atoms with Gasteiger partial charge in [-0.15, -0.1) is 0 Å². The molecule has 2 aromatic heterocycles. The van der Waals surface area contributed by atoms with Crippen molar-refractivity contribution in [1.82, 2.24) is 15.0 Å². The minimum absolute atomic E-state index is 0.0424. The van der Waals surface area contributed by atoms with Crippen LogP contribution in [0.1, 0.15) is 23.7 Å². The number of carbonyl (C=O) groups excluding carboxylic acids is 2. The SMILES string of the molecule is CCC(OC(=O)c1ccc2ncoc2c1)C(=O)Nc1ccc(S(=O)(=O)Nc2ncccn2)cc1. The predicted octanol–water partition coefficient (Wildman–Crippen LogP) is 2.99. The number of hydrogen-bond donors (Lipinski definition) is 2. The molecule has 174 valence electrons. The number of rotatable bonds is 8. The first-order valence-corrected chi connectivity index (χ1v) is 11.6. The van der Waals surface area contributed by atoms with Crippen molar-refractivity contribution in [2.24, 2.45) is 0 Å². The highest BCUT2D eigenvalue weighted by molar-refractivity contribution is 7.92. The Kier molecular flexibility index (Phi) is 6.50. The smallest absolute Gasteiger partial charge is 0.339 e. The molecule has 1 amide bonds. The average molecular weight is 481 g/mol. The number of benzene rings is 2. The molecule has 4 rings (SSSR count). The normalized spacial score (nSPS) is 12.1. The Morgan fingerprint density at radius 3 is 2.50 bits per heavy atom. The van der Waals surface area contributed by atoms with Gasteiger partial charge in [0.25, 0.3) is 15.9 Å². The lowest BCUT2D eigenvalue weighted by Gasteiger charge is -2.16. The largest absolute Gasteiger partial charge is 0.449 e. The maximum absolute atomic E-state index is 12.6. The van der Waals surface area contributed by atoms with Gasteiger partial charge in [0, 0.05) is 18.1 Å². The molecule has 0 spiro atoms. The maximum atomic E-state index is 12.6. The highest BCUT2D eigenvalue weighted by Gasteiger charge is 2.23. The van der Waals surface area contributed by atoms with Crippen LogP contribution in [0.2, 0.25) is 0 Å². The van der Waals surface area contributed by atoms with Gasteiger partial charge in [-0.3, -0.25) is 4.79 Å². The van der Waals surface area contributed by atoms with E-state index < -0.39 is 28.0 Å². The molecule has 1 unspecified atom stereocenters. The second kappa shape index (κ2) is 9.67. The molecule has 0 bridgehead atoms. The van der Waals surface area contributed by atoms with Crippen LogP contribution in [0.5, 0.6) is 0 Å². The molecular formula is C22H19N5O6S. The number of amides is 1. The third kappa shape index (κ3) is 5.18. The standard InChI is InChI=1S/C22H19N5O6S/c1-2-18(33-21(29)14-4-9-17-19(12-14)32-13-25-17)20(28)26-15-5-7-16(8-6-15)34(30,31)27-22-23-10-3-11-24-22/h3-13,18H,2H2,1H3,(H,26,28)(H,23,24,27).